The summed E-state index contributed by atoms with van der Waals surface area (Å²) in [4.78, 5) is 21.5. The van der Waals surface area contributed by atoms with Gasteiger partial charge in [0.1, 0.15) is 11.6 Å². The van der Waals surface area contributed by atoms with Crippen LogP contribution >= 0.6 is 15.9 Å². The van der Waals surface area contributed by atoms with Crippen LogP contribution in [0.15, 0.2) is 28.2 Å². The molecule has 0 bridgehead atoms. The summed E-state index contributed by atoms with van der Waals surface area (Å²) in [6, 6.07) is 6.07. The van der Waals surface area contributed by atoms with E-state index in [1.54, 1.807) is 12.1 Å². The molecule has 1 N–H and O–H groups in total. The molecule has 1 aromatic carbocycles. The first-order valence-corrected chi connectivity index (χ1v) is 5.56. The highest BCUT2D eigenvalue weighted by Crippen LogP contribution is 2.26. The molecule has 0 unspecified atom stereocenters. The van der Waals surface area contributed by atoms with Crippen molar-refractivity contribution in [3.8, 4) is 6.07 Å². The van der Waals surface area contributed by atoms with Crippen molar-refractivity contribution in [1.29, 1.82) is 5.26 Å². The van der Waals surface area contributed by atoms with Crippen molar-refractivity contribution in [3.05, 3.63) is 43.9 Å². The molecule has 0 spiro atoms. The summed E-state index contributed by atoms with van der Waals surface area (Å²) in [7, 11) is 1.40. The van der Waals surface area contributed by atoms with E-state index in [1.165, 1.54) is 25.3 Å². The van der Waals surface area contributed by atoms with Crippen LogP contribution in [0, 0.1) is 21.4 Å². The third-order valence-electron chi connectivity index (χ3n) is 2.07. The van der Waals surface area contributed by atoms with Crippen LogP contribution in [0.25, 0.3) is 6.08 Å². The van der Waals surface area contributed by atoms with Crippen molar-refractivity contribution in [2.75, 3.05) is 7.05 Å². The zero-order chi connectivity index (χ0) is 13.7. The minimum Gasteiger partial charge on any atom is -0.354 e. The summed E-state index contributed by atoms with van der Waals surface area (Å²) in [6.45, 7) is 0. The Morgan fingerprint density at radius 2 is 2.28 bits per heavy atom. The molecule has 0 atom stereocenters. The molecule has 0 aromatic heterocycles. The third kappa shape index (κ3) is 3.15. The van der Waals surface area contributed by atoms with Crippen LogP contribution in [-0.2, 0) is 4.79 Å². The minimum absolute atomic E-state index is 0.117. The standard InChI is InChI=1S/C11H8BrN3O3/c1-14-11(16)8(6-13)4-7-2-3-9(12)10(5-7)15(17)18/h2-5H,1H3,(H,14,16)/b8-4-. The first kappa shape index (κ1) is 13.9. The maximum Gasteiger partial charge on any atom is 0.284 e. The van der Waals surface area contributed by atoms with Crippen molar-refractivity contribution in [3.63, 3.8) is 0 Å². The van der Waals surface area contributed by atoms with E-state index in [2.05, 4.69) is 21.2 Å². The van der Waals surface area contributed by atoms with E-state index in [0.717, 1.165) is 0 Å². The molecular formula is C11H8BrN3O3. The van der Waals surface area contributed by atoms with Gasteiger partial charge in [-0.3, -0.25) is 14.9 Å². The van der Waals surface area contributed by atoms with E-state index >= 15 is 0 Å². The van der Waals surface area contributed by atoms with Crippen LogP contribution in [0.5, 0.6) is 0 Å². The molecule has 6 nitrogen and oxygen atoms in total. The van der Waals surface area contributed by atoms with Gasteiger partial charge in [0.05, 0.1) is 9.40 Å². The van der Waals surface area contributed by atoms with Crippen LogP contribution < -0.4 is 5.32 Å². The van der Waals surface area contributed by atoms with Gasteiger partial charge in [-0.1, -0.05) is 6.07 Å². The van der Waals surface area contributed by atoms with E-state index in [9.17, 15) is 14.9 Å². The Morgan fingerprint density at radius 3 is 2.78 bits per heavy atom. The van der Waals surface area contributed by atoms with Gasteiger partial charge in [-0.25, -0.2) is 0 Å². The number of halogens is 1. The molecule has 7 heteroatoms. The smallest absolute Gasteiger partial charge is 0.284 e. The summed E-state index contributed by atoms with van der Waals surface area (Å²) < 4.78 is 0.336. The van der Waals surface area contributed by atoms with Gasteiger partial charge in [-0.2, -0.15) is 5.26 Å². The topological polar surface area (TPSA) is 96.0 Å². The van der Waals surface area contributed by atoms with Crippen molar-refractivity contribution in [1.82, 2.24) is 5.32 Å². The first-order chi connectivity index (χ1) is 8.49. The maximum atomic E-state index is 11.3. The lowest BCUT2D eigenvalue weighted by atomic mass is 10.1. The highest BCUT2D eigenvalue weighted by Gasteiger charge is 2.13. The van der Waals surface area contributed by atoms with E-state index in [4.69, 9.17) is 5.26 Å². The second-order valence-corrected chi connectivity index (χ2v) is 4.07. The summed E-state index contributed by atoms with van der Waals surface area (Å²) >= 11 is 3.05. The molecule has 92 valence electrons. The van der Waals surface area contributed by atoms with Gasteiger partial charge in [0, 0.05) is 13.1 Å². The fraction of sp³-hybridized carbons (Fsp3) is 0.0909. The van der Waals surface area contributed by atoms with Gasteiger partial charge in [-0.05, 0) is 33.6 Å². The third-order valence-corrected chi connectivity index (χ3v) is 2.74. The Bertz CT molecular complexity index is 575. The number of nitro benzene ring substituents is 1. The van der Waals surface area contributed by atoms with Gasteiger partial charge in [-0.15, -0.1) is 0 Å². The molecule has 0 heterocycles. The molecule has 0 fully saturated rings. The zero-order valence-electron chi connectivity index (χ0n) is 9.31. The summed E-state index contributed by atoms with van der Waals surface area (Å²) in [5, 5.41) is 21.8. The Hall–Kier alpha value is -2.20. The predicted molar refractivity (Wildman–Crippen MR) is 68.5 cm³/mol. The number of nitriles is 1. The van der Waals surface area contributed by atoms with Crippen LogP contribution in [0.2, 0.25) is 0 Å². The fourth-order valence-electron chi connectivity index (χ4n) is 1.21. The number of carbonyl (C=O) groups excluding carboxylic acids is 1. The Balaban J connectivity index is 3.23. The Labute approximate surface area is 111 Å². The number of benzene rings is 1. The van der Waals surface area contributed by atoms with Gasteiger partial charge in [0.2, 0.25) is 0 Å². The highest BCUT2D eigenvalue weighted by atomic mass is 79.9. The zero-order valence-corrected chi connectivity index (χ0v) is 10.9. The minimum atomic E-state index is -0.548. The van der Waals surface area contributed by atoms with E-state index in [0.29, 0.717) is 10.0 Å². The fourth-order valence-corrected chi connectivity index (χ4v) is 1.60. The molecular weight excluding hydrogens is 302 g/mol. The quantitative estimate of drug-likeness (QED) is 0.400. The number of likely N-dealkylation sites (N-methyl/N-ethyl adjacent to an activating group) is 1. The average molecular weight is 310 g/mol. The molecule has 1 aromatic rings. The summed E-state index contributed by atoms with van der Waals surface area (Å²) in [6.07, 6.45) is 1.29. The average Bonchev–Trinajstić information content (AvgIpc) is 2.36. The van der Waals surface area contributed by atoms with E-state index in [-0.39, 0.29) is 11.3 Å². The lowest BCUT2D eigenvalue weighted by molar-refractivity contribution is -0.385. The highest BCUT2D eigenvalue weighted by molar-refractivity contribution is 9.10. The van der Waals surface area contributed by atoms with E-state index < -0.39 is 10.8 Å². The monoisotopic (exact) mass is 309 g/mol. The first-order valence-electron chi connectivity index (χ1n) is 4.77. The number of nitro groups is 1. The van der Waals surface area contributed by atoms with Gasteiger partial charge in [0.15, 0.2) is 0 Å². The number of nitrogens with one attached hydrogen (secondary N) is 1. The van der Waals surface area contributed by atoms with Crippen molar-refractivity contribution in [2.45, 2.75) is 0 Å². The largest absolute Gasteiger partial charge is 0.354 e. The second-order valence-electron chi connectivity index (χ2n) is 3.22. The Morgan fingerprint density at radius 1 is 1.61 bits per heavy atom. The summed E-state index contributed by atoms with van der Waals surface area (Å²) in [5.74, 6) is -0.539. The molecule has 0 radical (unpaired) electrons. The lowest BCUT2D eigenvalue weighted by Gasteiger charge is -1.99. The number of rotatable bonds is 3. The van der Waals surface area contributed by atoms with Crippen LogP contribution in [0.4, 0.5) is 5.69 Å². The SMILES string of the molecule is CNC(=O)/C(C#N)=C\c1ccc(Br)c([N+](=O)[O-])c1. The van der Waals surface area contributed by atoms with Crippen LogP contribution in [0.1, 0.15) is 5.56 Å². The van der Waals surface area contributed by atoms with E-state index in [1.807, 2.05) is 0 Å². The molecule has 0 aliphatic heterocycles. The molecule has 1 rings (SSSR count). The van der Waals surface area contributed by atoms with Gasteiger partial charge >= 0.3 is 0 Å². The van der Waals surface area contributed by atoms with Gasteiger partial charge < -0.3 is 5.32 Å². The maximum absolute atomic E-state index is 11.3. The van der Waals surface area contributed by atoms with Crippen molar-refractivity contribution < 1.29 is 9.72 Å². The molecule has 18 heavy (non-hydrogen) atoms. The molecule has 0 saturated heterocycles. The van der Waals surface area contributed by atoms with Crippen molar-refractivity contribution >= 4 is 33.6 Å². The predicted octanol–water partition coefficient (Wildman–Crippen LogP) is 2.01. The van der Waals surface area contributed by atoms with Crippen LogP contribution in [0.3, 0.4) is 0 Å². The van der Waals surface area contributed by atoms with Crippen molar-refractivity contribution in [2.24, 2.45) is 0 Å². The number of amides is 1. The Kier molecular flexibility index (Phi) is 4.57. The molecule has 0 saturated carbocycles. The number of hydrogen-bond donors (Lipinski definition) is 1. The second kappa shape index (κ2) is 5.93. The van der Waals surface area contributed by atoms with Crippen LogP contribution in [-0.4, -0.2) is 17.9 Å². The number of nitrogens with zero attached hydrogens (tertiary/aromatic N) is 2. The van der Waals surface area contributed by atoms with Gasteiger partial charge in [0.25, 0.3) is 11.6 Å². The normalized spacial score (nSPS) is 10.6. The molecule has 1 amide bonds. The lowest BCUT2D eigenvalue weighted by Crippen LogP contribution is -2.19. The number of carbonyl (C=O) groups is 1. The molecule has 0 aliphatic carbocycles. The summed E-state index contributed by atoms with van der Waals surface area (Å²) in [5.41, 5.74) is 0.164. The molecule has 0 aliphatic rings. The number of hydrogen-bond acceptors (Lipinski definition) is 4.